The molecule has 0 saturated carbocycles. The second-order valence-electron chi connectivity index (χ2n) is 11.7. The van der Waals surface area contributed by atoms with Crippen LogP contribution in [0.3, 0.4) is 0 Å². The molecule has 2 aliphatic rings. The lowest BCUT2D eigenvalue weighted by atomic mass is 9.89. The molecule has 224 valence electrons. The Hall–Kier alpha value is -2.99. The van der Waals surface area contributed by atoms with Crippen molar-refractivity contribution in [3.63, 3.8) is 0 Å². The van der Waals surface area contributed by atoms with Gasteiger partial charge in [-0.2, -0.15) is 18.2 Å². The van der Waals surface area contributed by atoms with E-state index < -0.39 is 23.2 Å². The topological polar surface area (TPSA) is 79.3 Å². The maximum Gasteiger partial charge on any atom is 0.419 e. The van der Waals surface area contributed by atoms with Gasteiger partial charge in [-0.1, -0.05) is 26.8 Å². The highest BCUT2D eigenvalue weighted by atomic mass is 19.4. The number of H-pyrrole nitrogens is 1. The minimum absolute atomic E-state index is 0.0134. The first-order valence-electron chi connectivity index (χ1n) is 14.4. The van der Waals surface area contributed by atoms with E-state index in [4.69, 9.17) is 9.72 Å². The highest BCUT2D eigenvalue weighted by Gasteiger charge is 2.40. The number of hydrogen-bond acceptors (Lipinski definition) is 6. The molecule has 5 rings (SSSR count). The van der Waals surface area contributed by atoms with Crippen molar-refractivity contribution in [2.45, 2.75) is 90.8 Å². The van der Waals surface area contributed by atoms with E-state index in [9.17, 15) is 22.4 Å². The summed E-state index contributed by atoms with van der Waals surface area (Å²) in [7, 11) is 0. The molecule has 2 fully saturated rings. The summed E-state index contributed by atoms with van der Waals surface area (Å²) in [6.45, 7) is 12.4. The van der Waals surface area contributed by atoms with Gasteiger partial charge in [-0.3, -0.25) is 9.88 Å². The number of aromatic amines is 1. The third kappa shape index (κ3) is 5.73. The van der Waals surface area contributed by atoms with Crippen LogP contribution in [0.15, 0.2) is 23.0 Å². The van der Waals surface area contributed by atoms with Gasteiger partial charge in [0.1, 0.15) is 22.8 Å². The minimum atomic E-state index is -4.75. The van der Waals surface area contributed by atoms with Gasteiger partial charge in [0.2, 0.25) is 0 Å². The van der Waals surface area contributed by atoms with Crippen molar-refractivity contribution in [2.75, 3.05) is 24.6 Å². The van der Waals surface area contributed by atoms with Gasteiger partial charge in [0.15, 0.2) is 5.82 Å². The summed E-state index contributed by atoms with van der Waals surface area (Å²) in [6.07, 6.45) is -1.96. The molecular formula is C29H38F4N6O2. The molecule has 1 aromatic carbocycles. The van der Waals surface area contributed by atoms with Crippen LogP contribution in [-0.2, 0) is 17.5 Å². The summed E-state index contributed by atoms with van der Waals surface area (Å²) in [5, 5.41) is 0. The second kappa shape index (κ2) is 11.4. The van der Waals surface area contributed by atoms with Gasteiger partial charge >= 0.3 is 11.9 Å². The standard InChI is InChI=1S/C29H38F4N6O2/c1-6-20-14-37(26-24-27(36-28(40)35-26)38(18(5)34-24)15-21-8-7-11-41-21)17(4)13-39(20)25(16(2)3)19-9-10-22(23(30)12-19)29(31,32)33/h9-10,12,16-17,20-21,25H,6-8,11,13-15H2,1-5H3,(H,35,36,40)/t17-,20+,21-,25?/m0/s1. The van der Waals surface area contributed by atoms with E-state index in [0.29, 0.717) is 42.2 Å². The molecule has 4 atom stereocenters. The highest BCUT2D eigenvalue weighted by molar-refractivity contribution is 5.84. The van der Waals surface area contributed by atoms with Gasteiger partial charge in [-0.05, 0) is 56.7 Å². The first kappa shape index (κ1) is 29.5. The largest absolute Gasteiger partial charge is 0.419 e. The molecule has 2 aliphatic heterocycles. The third-order valence-electron chi connectivity index (χ3n) is 8.47. The smallest absolute Gasteiger partial charge is 0.376 e. The normalized spacial score (nSPS) is 23.2. The molecule has 0 bridgehead atoms. The highest BCUT2D eigenvalue weighted by Crippen LogP contribution is 2.39. The maximum atomic E-state index is 14.6. The van der Waals surface area contributed by atoms with Crippen LogP contribution < -0.4 is 10.6 Å². The number of ether oxygens (including phenoxy) is 1. The van der Waals surface area contributed by atoms with Crippen LogP contribution in [-0.4, -0.2) is 62.3 Å². The minimum Gasteiger partial charge on any atom is -0.376 e. The summed E-state index contributed by atoms with van der Waals surface area (Å²) < 4.78 is 62.1. The van der Waals surface area contributed by atoms with Crippen molar-refractivity contribution >= 4 is 17.0 Å². The first-order valence-corrected chi connectivity index (χ1v) is 14.4. The zero-order valence-corrected chi connectivity index (χ0v) is 24.1. The van der Waals surface area contributed by atoms with Crippen molar-refractivity contribution in [1.82, 2.24) is 24.4 Å². The number of halogens is 4. The molecule has 8 nitrogen and oxygen atoms in total. The van der Waals surface area contributed by atoms with Gasteiger partial charge < -0.3 is 14.2 Å². The van der Waals surface area contributed by atoms with E-state index >= 15 is 0 Å². The molecular weight excluding hydrogens is 540 g/mol. The van der Waals surface area contributed by atoms with E-state index in [0.717, 1.165) is 43.8 Å². The molecule has 0 spiro atoms. The lowest BCUT2D eigenvalue weighted by Crippen LogP contribution is -2.59. The maximum absolute atomic E-state index is 14.6. The molecule has 2 saturated heterocycles. The molecule has 0 aliphatic carbocycles. The zero-order valence-electron chi connectivity index (χ0n) is 24.1. The number of hydrogen-bond donors (Lipinski definition) is 1. The number of benzene rings is 1. The molecule has 4 heterocycles. The van der Waals surface area contributed by atoms with E-state index in [1.807, 2.05) is 32.3 Å². The summed E-state index contributed by atoms with van der Waals surface area (Å²) in [6, 6.07) is 2.86. The Labute approximate surface area is 236 Å². The van der Waals surface area contributed by atoms with Crippen LogP contribution in [0.5, 0.6) is 0 Å². The van der Waals surface area contributed by atoms with Crippen LogP contribution in [0.25, 0.3) is 11.2 Å². The Morgan fingerprint density at radius 3 is 2.56 bits per heavy atom. The fourth-order valence-electron chi connectivity index (χ4n) is 6.51. The number of fused-ring (bicyclic) bond motifs is 1. The molecule has 3 aromatic rings. The predicted octanol–water partition coefficient (Wildman–Crippen LogP) is 5.45. The molecule has 41 heavy (non-hydrogen) atoms. The number of nitrogens with zero attached hydrogens (tertiary/aromatic N) is 5. The Morgan fingerprint density at radius 2 is 1.95 bits per heavy atom. The SMILES string of the molecule is CC[C@@H]1CN(c2nc(=O)[nH]c3c2nc(C)n3C[C@@H]2CCCO2)[C@@H](C)CN1C(c1ccc(C(F)(F)F)c(F)c1)C(C)C. The van der Waals surface area contributed by atoms with Crippen LogP contribution in [0.4, 0.5) is 23.4 Å². The first-order chi connectivity index (χ1) is 19.4. The average Bonchev–Trinajstić information content (AvgIpc) is 3.51. The van der Waals surface area contributed by atoms with Crippen LogP contribution in [0.1, 0.15) is 70.0 Å². The quantitative estimate of drug-likeness (QED) is 0.376. The van der Waals surface area contributed by atoms with Crippen LogP contribution in [0.2, 0.25) is 0 Å². The second-order valence-corrected chi connectivity index (χ2v) is 11.7. The predicted molar refractivity (Wildman–Crippen MR) is 148 cm³/mol. The Balaban J connectivity index is 1.47. The Bertz CT molecular complexity index is 1450. The number of piperazine rings is 1. The van der Waals surface area contributed by atoms with Crippen molar-refractivity contribution in [3.05, 3.63) is 51.5 Å². The monoisotopic (exact) mass is 578 g/mol. The molecule has 0 amide bonds. The number of imidazole rings is 1. The number of aryl methyl sites for hydroxylation is 1. The lowest BCUT2D eigenvalue weighted by Gasteiger charge is -2.50. The van der Waals surface area contributed by atoms with Crippen molar-refractivity contribution in [2.24, 2.45) is 5.92 Å². The molecule has 0 radical (unpaired) electrons. The van der Waals surface area contributed by atoms with Gasteiger partial charge in [-0.15, -0.1) is 0 Å². The summed E-state index contributed by atoms with van der Waals surface area (Å²) in [5.74, 6) is 0.0390. The van der Waals surface area contributed by atoms with Crippen LogP contribution in [0, 0.1) is 18.7 Å². The Kier molecular flexibility index (Phi) is 8.17. The Morgan fingerprint density at radius 1 is 1.20 bits per heavy atom. The molecule has 2 aromatic heterocycles. The molecule has 12 heteroatoms. The van der Waals surface area contributed by atoms with Crippen LogP contribution >= 0.6 is 0 Å². The van der Waals surface area contributed by atoms with Gasteiger partial charge in [0.05, 0.1) is 18.2 Å². The lowest BCUT2D eigenvalue weighted by molar-refractivity contribution is -0.140. The summed E-state index contributed by atoms with van der Waals surface area (Å²) in [4.78, 5) is 29.2. The number of aromatic nitrogens is 4. The zero-order chi connectivity index (χ0) is 29.6. The van der Waals surface area contributed by atoms with Gasteiger partial charge in [0.25, 0.3) is 0 Å². The molecule has 1 N–H and O–H groups in total. The number of anilines is 1. The third-order valence-corrected chi connectivity index (χ3v) is 8.47. The van der Waals surface area contributed by atoms with E-state index in [2.05, 4.69) is 26.7 Å². The van der Waals surface area contributed by atoms with E-state index in [1.54, 1.807) is 0 Å². The van der Waals surface area contributed by atoms with Crippen molar-refractivity contribution in [3.8, 4) is 0 Å². The van der Waals surface area contributed by atoms with Gasteiger partial charge in [-0.25, -0.2) is 14.2 Å². The average molecular weight is 579 g/mol. The summed E-state index contributed by atoms with van der Waals surface area (Å²) >= 11 is 0. The number of rotatable bonds is 7. The summed E-state index contributed by atoms with van der Waals surface area (Å²) in [5.41, 5.74) is 0.0535. The number of nitrogens with one attached hydrogen (secondary N) is 1. The van der Waals surface area contributed by atoms with Crippen molar-refractivity contribution < 1.29 is 22.3 Å². The van der Waals surface area contributed by atoms with Gasteiger partial charge in [0, 0.05) is 37.8 Å². The fourth-order valence-corrected chi connectivity index (χ4v) is 6.51. The number of alkyl halides is 3. The molecule has 1 unspecified atom stereocenters. The van der Waals surface area contributed by atoms with Crippen molar-refractivity contribution in [1.29, 1.82) is 0 Å². The van der Waals surface area contributed by atoms with E-state index in [1.165, 1.54) is 6.07 Å². The van der Waals surface area contributed by atoms with E-state index in [-0.39, 0.29) is 30.1 Å². The fraction of sp³-hybridized carbons (Fsp3) is 0.621.